The maximum Gasteiger partial charge on any atom is 0.227 e. The maximum absolute atomic E-state index is 6.58. The van der Waals surface area contributed by atoms with Gasteiger partial charge in [-0.3, -0.25) is 0 Å². The monoisotopic (exact) mass is 680 g/mol. The number of hydrogen-bond acceptors (Lipinski definition) is 3. The standard InChI is InChI=1S/C50H36N2O/c1-50(2)45-20-12-11-19-42(45)43-30-29-40(32-46(43)50)52(38-25-21-34(22-26-38)33-13-5-3-6-14-33)39-27-23-35(24-28-39)44-31-37-17-9-10-18-41(37)47-48(44)53-49(51-47)36-15-7-4-8-16-36/h3-32H,1-2H3. The molecule has 0 saturated heterocycles. The molecule has 1 heterocycles. The molecular weight excluding hydrogens is 645 g/mol. The lowest BCUT2D eigenvalue weighted by Crippen LogP contribution is -2.16. The molecule has 0 bridgehead atoms. The van der Waals surface area contributed by atoms with E-state index in [-0.39, 0.29) is 5.41 Å². The average Bonchev–Trinajstić information content (AvgIpc) is 3.77. The third-order valence-corrected chi connectivity index (χ3v) is 10.9. The molecule has 0 amide bonds. The molecule has 10 rings (SSSR count). The summed E-state index contributed by atoms with van der Waals surface area (Å²) in [7, 11) is 0. The minimum atomic E-state index is -0.105. The van der Waals surface area contributed by atoms with Crippen LogP contribution in [0.3, 0.4) is 0 Å². The van der Waals surface area contributed by atoms with E-state index in [9.17, 15) is 0 Å². The first-order valence-electron chi connectivity index (χ1n) is 18.2. The summed E-state index contributed by atoms with van der Waals surface area (Å²) < 4.78 is 6.58. The van der Waals surface area contributed by atoms with E-state index in [2.05, 4.69) is 170 Å². The third-order valence-electron chi connectivity index (χ3n) is 10.9. The average molecular weight is 681 g/mol. The van der Waals surface area contributed by atoms with Crippen molar-refractivity contribution in [3.63, 3.8) is 0 Å². The van der Waals surface area contributed by atoms with E-state index in [0.29, 0.717) is 5.89 Å². The van der Waals surface area contributed by atoms with Crippen LogP contribution in [0.1, 0.15) is 25.0 Å². The second kappa shape index (κ2) is 12.2. The maximum atomic E-state index is 6.58. The zero-order chi connectivity index (χ0) is 35.5. The molecule has 252 valence electrons. The van der Waals surface area contributed by atoms with Gasteiger partial charge in [0.15, 0.2) is 5.58 Å². The fourth-order valence-corrected chi connectivity index (χ4v) is 8.17. The highest BCUT2D eigenvalue weighted by molar-refractivity contribution is 6.10. The summed E-state index contributed by atoms with van der Waals surface area (Å²) in [6.07, 6.45) is 0. The summed E-state index contributed by atoms with van der Waals surface area (Å²) in [5.41, 5.74) is 15.7. The van der Waals surface area contributed by atoms with Crippen LogP contribution >= 0.6 is 0 Å². The van der Waals surface area contributed by atoms with E-state index >= 15 is 0 Å². The highest BCUT2D eigenvalue weighted by Crippen LogP contribution is 2.51. The molecule has 8 aromatic carbocycles. The summed E-state index contributed by atoms with van der Waals surface area (Å²) in [6, 6.07) is 64.9. The highest BCUT2D eigenvalue weighted by atomic mass is 16.3. The molecule has 0 aliphatic heterocycles. The van der Waals surface area contributed by atoms with Gasteiger partial charge < -0.3 is 9.32 Å². The van der Waals surface area contributed by atoms with Gasteiger partial charge in [-0.25, -0.2) is 4.98 Å². The zero-order valence-corrected chi connectivity index (χ0v) is 29.6. The van der Waals surface area contributed by atoms with Crippen LogP contribution in [-0.2, 0) is 5.41 Å². The molecule has 3 nitrogen and oxygen atoms in total. The van der Waals surface area contributed by atoms with E-state index < -0.39 is 0 Å². The molecule has 0 spiro atoms. The second-order valence-corrected chi connectivity index (χ2v) is 14.4. The Kier molecular flexibility index (Phi) is 7.16. The largest absolute Gasteiger partial charge is 0.435 e. The topological polar surface area (TPSA) is 29.3 Å². The van der Waals surface area contributed by atoms with Gasteiger partial charge in [-0.05, 0) is 98.9 Å². The fourth-order valence-electron chi connectivity index (χ4n) is 8.17. The fraction of sp³-hybridized carbons (Fsp3) is 0.0600. The Bertz CT molecular complexity index is 2780. The highest BCUT2D eigenvalue weighted by Gasteiger charge is 2.35. The van der Waals surface area contributed by atoms with Crippen molar-refractivity contribution >= 4 is 38.9 Å². The van der Waals surface area contributed by atoms with Gasteiger partial charge >= 0.3 is 0 Å². The number of oxazole rings is 1. The molecule has 1 aliphatic carbocycles. The summed E-state index contributed by atoms with van der Waals surface area (Å²) in [5, 5.41) is 2.22. The van der Waals surface area contributed by atoms with Gasteiger partial charge in [-0.1, -0.05) is 141 Å². The molecule has 0 unspecified atom stereocenters. The van der Waals surface area contributed by atoms with E-state index in [4.69, 9.17) is 9.40 Å². The molecular formula is C50H36N2O. The molecule has 53 heavy (non-hydrogen) atoms. The number of fused-ring (bicyclic) bond motifs is 6. The van der Waals surface area contributed by atoms with E-state index in [0.717, 1.165) is 55.6 Å². The summed E-state index contributed by atoms with van der Waals surface area (Å²) in [5.74, 6) is 0.627. The molecule has 0 radical (unpaired) electrons. The molecule has 0 atom stereocenters. The van der Waals surface area contributed by atoms with Crippen LogP contribution in [-0.4, -0.2) is 4.98 Å². The smallest absolute Gasteiger partial charge is 0.227 e. The minimum Gasteiger partial charge on any atom is -0.435 e. The van der Waals surface area contributed by atoms with Crippen LogP contribution in [0, 0.1) is 0 Å². The molecule has 1 aromatic heterocycles. The van der Waals surface area contributed by atoms with Crippen LogP contribution in [0.4, 0.5) is 17.1 Å². The van der Waals surface area contributed by atoms with Gasteiger partial charge in [-0.2, -0.15) is 0 Å². The van der Waals surface area contributed by atoms with Crippen molar-refractivity contribution in [3.8, 4) is 44.8 Å². The van der Waals surface area contributed by atoms with Gasteiger partial charge in [0.25, 0.3) is 0 Å². The first-order chi connectivity index (χ1) is 26.0. The van der Waals surface area contributed by atoms with Crippen molar-refractivity contribution < 1.29 is 4.42 Å². The van der Waals surface area contributed by atoms with E-state index in [1.54, 1.807) is 0 Å². The lowest BCUT2D eigenvalue weighted by Gasteiger charge is -2.28. The number of rotatable bonds is 6. The van der Waals surface area contributed by atoms with Gasteiger partial charge in [0, 0.05) is 39.0 Å². The Hall–Kier alpha value is -6.71. The van der Waals surface area contributed by atoms with Gasteiger partial charge in [0.1, 0.15) is 5.52 Å². The summed E-state index contributed by atoms with van der Waals surface area (Å²) >= 11 is 0. The molecule has 0 saturated carbocycles. The predicted octanol–water partition coefficient (Wildman–Crippen LogP) is 13.8. The van der Waals surface area contributed by atoms with Crippen molar-refractivity contribution in [2.24, 2.45) is 0 Å². The van der Waals surface area contributed by atoms with Crippen LogP contribution in [0.5, 0.6) is 0 Å². The van der Waals surface area contributed by atoms with Gasteiger partial charge in [-0.15, -0.1) is 0 Å². The molecule has 1 aliphatic rings. The molecule has 9 aromatic rings. The third kappa shape index (κ3) is 5.16. The van der Waals surface area contributed by atoms with E-state index in [1.165, 1.54) is 33.4 Å². The van der Waals surface area contributed by atoms with Crippen molar-refractivity contribution in [3.05, 3.63) is 193 Å². The van der Waals surface area contributed by atoms with Crippen LogP contribution in [0.15, 0.2) is 186 Å². The number of nitrogens with zero attached hydrogens (tertiary/aromatic N) is 2. The number of aromatic nitrogens is 1. The van der Waals surface area contributed by atoms with Crippen molar-refractivity contribution in [1.82, 2.24) is 4.98 Å². The minimum absolute atomic E-state index is 0.105. The van der Waals surface area contributed by atoms with Gasteiger partial charge in [0.05, 0.1) is 0 Å². The summed E-state index contributed by atoms with van der Waals surface area (Å²) in [6.45, 7) is 4.68. The Labute approximate surface area is 309 Å². The van der Waals surface area contributed by atoms with Crippen LogP contribution in [0.25, 0.3) is 66.7 Å². The quantitative estimate of drug-likeness (QED) is 0.175. The zero-order valence-electron chi connectivity index (χ0n) is 29.6. The number of hydrogen-bond donors (Lipinski definition) is 0. The van der Waals surface area contributed by atoms with Crippen molar-refractivity contribution in [2.75, 3.05) is 4.90 Å². The lowest BCUT2D eigenvalue weighted by molar-refractivity contribution is 0.621. The number of anilines is 3. The Morgan fingerprint density at radius 3 is 1.75 bits per heavy atom. The Morgan fingerprint density at radius 2 is 1.02 bits per heavy atom. The van der Waals surface area contributed by atoms with Crippen molar-refractivity contribution in [1.29, 1.82) is 0 Å². The second-order valence-electron chi connectivity index (χ2n) is 14.4. The lowest BCUT2D eigenvalue weighted by atomic mass is 9.82. The van der Waals surface area contributed by atoms with E-state index in [1.807, 2.05) is 30.3 Å². The molecule has 0 N–H and O–H groups in total. The predicted molar refractivity (Wildman–Crippen MR) is 220 cm³/mol. The summed E-state index contributed by atoms with van der Waals surface area (Å²) in [4.78, 5) is 7.40. The Balaban J connectivity index is 1.10. The van der Waals surface area contributed by atoms with Gasteiger partial charge in [0.2, 0.25) is 5.89 Å². The first kappa shape index (κ1) is 31.1. The van der Waals surface area contributed by atoms with Crippen LogP contribution in [0.2, 0.25) is 0 Å². The first-order valence-corrected chi connectivity index (χ1v) is 18.2. The molecule has 3 heteroatoms. The Morgan fingerprint density at radius 1 is 0.453 bits per heavy atom. The number of benzene rings is 8. The normalized spacial score (nSPS) is 12.9. The van der Waals surface area contributed by atoms with Crippen LogP contribution < -0.4 is 4.90 Å². The van der Waals surface area contributed by atoms with Crippen molar-refractivity contribution in [2.45, 2.75) is 19.3 Å². The SMILES string of the molecule is CC1(C)c2ccccc2-c2ccc(N(c3ccc(-c4ccccc4)cc3)c3ccc(-c4cc5ccccc5c5nc(-c6ccccc6)oc45)cc3)cc21. The molecule has 0 fully saturated rings.